The molecule has 2 N–H and O–H groups in total. The fraction of sp³-hybridized carbons (Fsp3) is 0.533. The molecule has 0 aliphatic rings. The Morgan fingerprint density at radius 1 is 1.32 bits per heavy atom. The van der Waals surface area contributed by atoms with Crippen LogP contribution in [0.25, 0.3) is 0 Å². The molecular weight excluding hydrogens is 258 g/mol. The van der Waals surface area contributed by atoms with Crippen molar-refractivity contribution in [1.29, 1.82) is 0 Å². The lowest BCUT2D eigenvalue weighted by molar-refractivity contribution is -0.138. The summed E-state index contributed by atoms with van der Waals surface area (Å²) in [5.74, 6) is 0.698. The van der Waals surface area contributed by atoms with Crippen LogP contribution in [0.4, 0.5) is 0 Å². The fourth-order valence-corrected chi connectivity index (χ4v) is 3.00. The molecule has 3 nitrogen and oxygen atoms in total. The molecule has 0 saturated carbocycles. The van der Waals surface area contributed by atoms with E-state index in [0.29, 0.717) is 5.75 Å². The Balaban J connectivity index is 2.44. The quantitative estimate of drug-likeness (QED) is 0.769. The first-order valence-electron chi connectivity index (χ1n) is 6.64. The lowest BCUT2D eigenvalue weighted by Gasteiger charge is -2.13. The van der Waals surface area contributed by atoms with E-state index in [1.807, 2.05) is 6.92 Å². The van der Waals surface area contributed by atoms with E-state index in [2.05, 4.69) is 37.4 Å². The minimum Gasteiger partial charge on any atom is -0.480 e. The third kappa shape index (κ3) is 6.12. The number of rotatable bonds is 8. The Bertz CT molecular complexity index is 400. The Kier molecular flexibility index (Phi) is 6.95. The number of benzene rings is 1. The smallest absolute Gasteiger partial charge is 0.321 e. The Morgan fingerprint density at radius 2 is 1.95 bits per heavy atom. The van der Waals surface area contributed by atoms with Crippen LogP contribution in [0.5, 0.6) is 0 Å². The van der Waals surface area contributed by atoms with Crippen molar-refractivity contribution in [2.75, 3.05) is 12.3 Å². The van der Waals surface area contributed by atoms with Crippen molar-refractivity contribution in [2.45, 2.75) is 39.0 Å². The van der Waals surface area contributed by atoms with Crippen molar-refractivity contribution in [3.63, 3.8) is 0 Å². The third-order valence-corrected chi connectivity index (χ3v) is 3.88. The average Bonchev–Trinajstić information content (AvgIpc) is 2.31. The van der Waals surface area contributed by atoms with E-state index < -0.39 is 12.0 Å². The second kappa shape index (κ2) is 8.23. The van der Waals surface area contributed by atoms with Crippen LogP contribution in [0.3, 0.4) is 0 Å². The number of aryl methyl sites for hydroxylation is 2. The standard InChI is InChI=1S/C15H23NO2S/c1-4-5-16-14(15(17)18)10-19-9-13-7-11(2)6-12(3)8-13/h6-8,14,16H,4-5,9-10H2,1-3H3,(H,17,18). The van der Waals surface area contributed by atoms with Gasteiger partial charge in [-0.2, -0.15) is 11.8 Å². The molecule has 0 aliphatic carbocycles. The predicted octanol–water partition coefficient (Wildman–Crippen LogP) is 2.99. The number of hydrogen-bond acceptors (Lipinski definition) is 3. The molecule has 106 valence electrons. The molecule has 0 saturated heterocycles. The molecule has 0 aliphatic heterocycles. The summed E-state index contributed by atoms with van der Waals surface area (Å²) in [4.78, 5) is 11.1. The highest BCUT2D eigenvalue weighted by molar-refractivity contribution is 7.98. The lowest BCUT2D eigenvalue weighted by atomic mass is 10.1. The zero-order chi connectivity index (χ0) is 14.3. The van der Waals surface area contributed by atoms with Crippen LogP contribution in [0.1, 0.15) is 30.0 Å². The highest BCUT2D eigenvalue weighted by Gasteiger charge is 2.15. The van der Waals surface area contributed by atoms with Crippen molar-refractivity contribution in [2.24, 2.45) is 0 Å². The van der Waals surface area contributed by atoms with Crippen LogP contribution in [-0.4, -0.2) is 29.4 Å². The number of nitrogens with one attached hydrogen (secondary N) is 1. The van der Waals surface area contributed by atoms with Gasteiger partial charge in [-0.15, -0.1) is 0 Å². The van der Waals surface area contributed by atoms with Crippen LogP contribution in [0.2, 0.25) is 0 Å². The van der Waals surface area contributed by atoms with Gasteiger partial charge in [-0.25, -0.2) is 0 Å². The van der Waals surface area contributed by atoms with Gasteiger partial charge in [0.05, 0.1) is 0 Å². The highest BCUT2D eigenvalue weighted by Crippen LogP contribution is 2.16. The van der Waals surface area contributed by atoms with Gasteiger partial charge in [0.2, 0.25) is 0 Å². The maximum absolute atomic E-state index is 11.1. The molecular formula is C15H23NO2S. The monoisotopic (exact) mass is 281 g/mol. The van der Waals surface area contributed by atoms with Crippen molar-refractivity contribution in [1.82, 2.24) is 5.32 Å². The average molecular weight is 281 g/mol. The maximum atomic E-state index is 11.1. The van der Waals surface area contributed by atoms with E-state index in [0.717, 1.165) is 18.7 Å². The van der Waals surface area contributed by atoms with Crippen LogP contribution in [-0.2, 0) is 10.5 Å². The highest BCUT2D eigenvalue weighted by atomic mass is 32.2. The topological polar surface area (TPSA) is 49.3 Å². The van der Waals surface area contributed by atoms with E-state index >= 15 is 0 Å². The summed E-state index contributed by atoms with van der Waals surface area (Å²) in [6.45, 7) is 6.96. The maximum Gasteiger partial charge on any atom is 0.321 e. The number of thioether (sulfide) groups is 1. The Hall–Kier alpha value is -1.00. The summed E-state index contributed by atoms with van der Waals surface area (Å²) in [7, 11) is 0. The van der Waals surface area contributed by atoms with Gasteiger partial charge in [0.1, 0.15) is 6.04 Å². The molecule has 1 aromatic rings. The van der Waals surface area contributed by atoms with E-state index in [4.69, 9.17) is 5.11 Å². The van der Waals surface area contributed by atoms with E-state index in [-0.39, 0.29) is 0 Å². The van der Waals surface area contributed by atoms with E-state index in [9.17, 15) is 4.79 Å². The first-order valence-corrected chi connectivity index (χ1v) is 7.79. The van der Waals surface area contributed by atoms with Gasteiger partial charge in [-0.05, 0) is 32.4 Å². The SMILES string of the molecule is CCCNC(CSCc1cc(C)cc(C)c1)C(=O)O. The van der Waals surface area contributed by atoms with Crippen molar-refractivity contribution >= 4 is 17.7 Å². The van der Waals surface area contributed by atoms with E-state index in [1.54, 1.807) is 11.8 Å². The molecule has 19 heavy (non-hydrogen) atoms. The summed E-state index contributed by atoms with van der Waals surface area (Å²) in [5.41, 5.74) is 3.78. The molecule has 1 rings (SSSR count). The zero-order valence-corrected chi connectivity index (χ0v) is 12.7. The third-order valence-electron chi connectivity index (χ3n) is 2.77. The molecule has 0 amide bonds. The van der Waals surface area contributed by atoms with Gasteiger partial charge >= 0.3 is 5.97 Å². The van der Waals surface area contributed by atoms with Crippen LogP contribution < -0.4 is 5.32 Å². The Morgan fingerprint density at radius 3 is 2.47 bits per heavy atom. The summed E-state index contributed by atoms with van der Waals surface area (Å²) >= 11 is 1.67. The number of hydrogen-bond donors (Lipinski definition) is 2. The first kappa shape index (κ1) is 16.1. The second-order valence-electron chi connectivity index (χ2n) is 4.86. The van der Waals surface area contributed by atoms with Gasteiger partial charge in [0.15, 0.2) is 0 Å². The molecule has 0 bridgehead atoms. The fourth-order valence-electron chi connectivity index (χ4n) is 1.98. The predicted molar refractivity (Wildman–Crippen MR) is 81.8 cm³/mol. The molecule has 1 unspecified atom stereocenters. The minimum absolute atomic E-state index is 0.448. The largest absolute Gasteiger partial charge is 0.480 e. The van der Waals surface area contributed by atoms with Crippen molar-refractivity contribution in [3.8, 4) is 0 Å². The molecule has 0 radical (unpaired) electrons. The number of carboxylic acids is 1. The van der Waals surface area contributed by atoms with Gasteiger partial charge < -0.3 is 10.4 Å². The van der Waals surface area contributed by atoms with Gasteiger partial charge in [-0.1, -0.05) is 36.2 Å². The van der Waals surface area contributed by atoms with Crippen LogP contribution >= 0.6 is 11.8 Å². The molecule has 0 fully saturated rings. The number of carbonyl (C=O) groups is 1. The summed E-state index contributed by atoms with van der Waals surface area (Å²) in [6, 6.07) is 6.03. The normalized spacial score (nSPS) is 12.4. The molecule has 4 heteroatoms. The van der Waals surface area contributed by atoms with Crippen LogP contribution in [0, 0.1) is 13.8 Å². The summed E-state index contributed by atoms with van der Waals surface area (Å²) in [6.07, 6.45) is 0.950. The van der Waals surface area contributed by atoms with Gasteiger partial charge in [0, 0.05) is 11.5 Å². The summed E-state index contributed by atoms with van der Waals surface area (Å²) in [5, 5.41) is 12.2. The molecule has 1 atom stereocenters. The lowest BCUT2D eigenvalue weighted by Crippen LogP contribution is -2.39. The molecule has 1 aromatic carbocycles. The zero-order valence-electron chi connectivity index (χ0n) is 11.9. The molecule has 0 spiro atoms. The molecule has 0 heterocycles. The number of carboxylic acid groups (broad SMARTS) is 1. The summed E-state index contributed by atoms with van der Waals surface area (Å²) < 4.78 is 0. The van der Waals surface area contributed by atoms with E-state index in [1.165, 1.54) is 16.7 Å². The van der Waals surface area contributed by atoms with Gasteiger partial charge in [0.25, 0.3) is 0 Å². The Labute approximate surface area is 119 Å². The van der Waals surface area contributed by atoms with Crippen LogP contribution in [0.15, 0.2) is 18.2 Å². The second-order valence-corrected chi connectivity index (χ2v) is 5.89. The van der Waals surface area contributed by atoms with Crippen molar-refractivity contribution in [3.05, 3.63) is 34.9 Å². The van der Waals surface area contributed by atoms with Gasteiger partial charge in [-0.3, -0.25) is 4.79 Å². The first-order chi connectivity index (χ1) is 9.02. The molecule has 0 aromatic heterocycles. The van der Waals surface area contributed by atoms with Crippen molar-refractivity contribution < 1.29 is 9.90 Å². The minimum atomic E-state index is -0.763. The number of aliphatic carboxylic acids is 1.